The number of amides is 1. The SMILES string of the molecule is COCCS(=O)(=O)N1CCC(C(=O)Nc2cccc(C(F)(F)F)c2)CC1. The van der Waals surface area contributed by atoms with Gasteiger partial charge >= 0.3 is 6.18 Å². The van der Waals surface area contributed by atoms with Gasteiger partial charge in [0.25, 0.3) is 0 Å². The van der Waals surface area contributed by atoms with E-state index in [9.17, 15) is 26.4 Å². The Morgan fingerprint density at radius 1 is 1.31 bits per heavy atom. The number of alkyl halides is 3. The van der Waals surface area contributed by atoms with Gasteiger partial charge in [0, 0.05) is 31.8 Å². The lowest BCUT2D eigenvalue weighted by Gasteiger charge is -2.30. The first-order valence-electron chi connectivity index (χ1n) is 8.08. The van der Waals surface area contributed by atoms with Crippen molar-refractivity contribution in [2.45, 2.75) is 19.0 Å². The fourth-order valence-corrected chi connectivity index (χ4v) is 4.13. The average Bonchev–Trinajstić information content (AvgIpc) is 2.59. The molecule has 2 rings (SSSR count). The number of nitrogens with zero attached hydrogens (tertiary/aromatic N) is 1. The lowest BCUT2D eigenvalue weighted by Crippen LogP contribution is -2.42. The molecule has 10 heteroatoms. The van der Waals surface area contributed by atoms with Gasteiger partial charge in [0.05, 0.1) is 17.9 Å². The molecule has 1 saturated heterocycles. The van der Waals surface area contributed by atoms with Gasteiger partial charge < -0.3 is 10.1 Å². The summed E-state index contributed by atoms with van der Waals surface area (Å²) >= 11 is 0. The van der Waals surface area contributed by atoms with Crippen molar-refractivity contribution in [2.75, 3.05) is 37.9 Å². The molecule has 0 radical (unpaired) electrons. The zero-order valence-electron chi connectivity index (χ0n) is 14.3. The first-order valence-corrected chi connectivity index (χ1v) is 9.69. The Morgan fingerprint density at radius 2 is 1.96 bits per heavy atom. The minimum absolute atomic E-state index is 0.0694. The normalized spacial score (nSPS) is 17.2. The van der Waals surface area contributed by atoms with Crippen LogP contribution in [0.4, 0.5) is 18.9 Å². The number of anilines is 1. The van der Waals surface area contributed by atoms with Gasteiger partial charge in [0.2, 0.25) is 15.9 Å². The molecule has 1 aliphatic heterocycles. The average molecular weight is 394 g/mol. The second kappa shape index (κ2) is 8.36. The second-order valence-corrected chi connectivity index (χ2v) is 8.14. The molecule has 6 nitrogen and oxygen atoms in total. The predicted octanol–water partition coefficient (Wildman–Crippen LogP) is 2.33. The summed E-state index contributed by atoms with van der Waals surface area (Å²) in [6.07, 6.45) is -3.85. The lowest BCUT2D eigenvalue weighted by molar-refractivity contribution is -0.137. The van der Waals surface area contributed by atoms with Crippen LogP contribution >= 0.6 is 0 Å². The molecular weight excluding hydrogens is 373 g/mol. The third-order valence-electron chi connectivity index (χ3n) is 4.22. The van der Waals surface area contributed by atoms with Gasteiger partial charge in [-0.15, -0.1) is 0 Å². The Labute approximate surface area is 150 Å². The number of benzene rings is 1. The summed E-state index contributed by atoms with van der Waals surface area (Å²) in [5.41, 5.74) is -0.769. The molecular formula is C16H21F3N2O4S. The maximum atomic E-state index is 12.7. The molecule has 1 aliphatic rings. The van der Waals surface area contributed by atoms with Crippen molar-refractivity contribution in [2.24, 2.45) is 5.92 Å². The smallest absolute Gasteiger partial charge is 0.384 e. The third-order valence-corrected chi connectivity index (χ3v) is 6.06. The number of carbonyl (C=O) groups is 1. The van der Waals surface area contributed by atoms with E-state index in [-0.39, 0.29) is 31.1 Å². The number of ether oxygens (including phenoxy) is 1. The highest BCUT2D eigenvalue weighted by Crippen LogP contribution is 2.31. The quantitative estimate of drug-likeness (QED) is 0.804. The van der Waals surface area contributed by atoms with Crippen molar-refractivity contribution in [3.05, 3.63) is 29.8 Å². The number of piperidine rings is 1. The van der Waals surface area contributed by atoms with Crippen LogP contribution in [0.5, 0.6) is 0 Å². The van der Waals surface area contributed by atoms with Crippen molar-refractivity contribution in [1.82, 2.24) is 4.31 Å². The zero-order chi connectivity index (χ0) is 19.4. The van der Waals surface area contributed by atoms with Crippen molar-refractivity contribution in [1.29, 1.82) is 0 Å². The standard InChI is InChI=1S/C16H21F3N2O4S/c1-25-9-10-26(23,24)21-7-5-12(6-8-21)15(22)20-14-4-2-3-13(11-14)16(17,18)19/h2-4,11-12H,5-10H2,1H3,(H,20,22). The van der Waals surface area contributed by atoms with E-state index >= 15 is 0 Å². The van der Waals surface area contributed by atoms with Crippen LogP contribution in [0.15, 0.2) is 24.3 Å². The second-order valence-electron chi connectivity index (χ2n) is 6.05. The van der Waals surface area contributed by atoms with Crippen molar-refractivity contribution in [3.8, 4) is 0 Å². The molecule has 1 heterocycles. The van der Waals surface area contributed by atoms with Crippen LogP contribution in [-0.4, -0.2) is 51.2 Å². The first-order chi connectivity index (χ1) is 12.1. The van der Waals surface area contributed by atoms with Gasteiger partial charge in [0.1, 0.15) is 0 Å². The van der Waals surface area contributed by atoms with Crippen LogP contribution in [0.3, 0.4) is 0 Å². The maximum Gasteiger partial charge on any atom is 0.416 e. The Kier molecular flexibility index (Phi) is 6.64. The van der Waals surface area contributed by atoms with Gasteiger partial charge in [-0.05, 0) is 31.0 Å². The number of rotatable bonds is 6. The van der Waals surface area contributed by atoms with E-state index in [0.29, 0.717) is 12.8 Å². The van der Waals surface area contributed by atoms with E-state index in [0.717, 1.165) is 12.1 Å². The Morgan fingerprint density at radius 3 is 2.54 bits per heavy atom. The maximum absolute atomic E-state index is 12.7. The largest absolute Gasteiger partial charge is 0.416 e. The number of carbonyl (C=O) groups excluding carboxylic acids is 1. The molecule has 146 valence electrons. The van der Waals surface area contributed by atoms with Gasteiger partial charge in [-0.1, -0.05) is 6.07 Å². The summed E-state index contributed by atoms with van der Waals surface area (Å²) < 4.78 is 68.4. The number of sulfonamides is 1. The van der Waals surface area contributed by atoms with Crippen LogP contribution in [0.1, 0.15) is 18.4 Å². The van der Waals surface area contributed by atoms with E-state index < -0.39 is 33.6 Å². The molecule has 26 heavy (non-hydrogen) atoms. The predicted molar refractivity (Wildman–Crippen MR) is 90.0 cm³/mol. The van der Waals surface area contributed by atoms with E-state index in [1.807, 2.05) is 0 Å². The highest BCUT2D eigenvalue weighted by Gasteiger charge is 2.32. The third kappa shape index (κ3) is 5.42. The number of hydrogen-bond donors (Lipinski definition) is 1. The highest BCUT2D eigenvalue weighted by atomic mass is 32.2. The van der Waals surface area contributed by atoms with E-state index in [4.69, 9.17) is 4.74 Å². The van der Waals surface area contributed by atoms with Crippen molar-refractivity contribution < 1.29 is 31.1 Å². The molecule has 0 spiro atoms. The zero-order valence-corrected chi connectivity index (χ0v) is 15.1. The molecule has 1 aromatic rings. The fraction of sp³-hybridized carbons (Fsp3) is 0.562. The van der Waals surface area contributed by atoms with E-state index in [1.165, 1.54) is 23.5 Å². The lowest BCUT2D eigenvalue weighted by atomic mass is 9.97. The molecule has 0 saturated carbocycles. The fourth-order valence-electron chi connectivity index (χ4n) is 2.73. The summed E-state index contributed by atoms with van der Waals surface area (Å²) in [4.78, 5) is 12.3. The van der Waals surface area contributed by atoms with Crippen LogP contribution < -0.4 is 5.32 Å². The van der Waals surface area contributed by atoms with E-state index in [2.05, 4.69) is 5.32 Å². The number of nitrogens with one attached hydrogen (secondary N) is 1. The number of hydrogen-bond acceptors (Lipinski definition) is 4. The van der Waals surface area contributed by atoms with Crippen LogP contribution in [0.2, 0.25) is 0 Å². The molecule has 0 atom stereocenters. The van der Waals surface area contributed by atoms with Crippen LogP contribution in [0, 0.1) is 5.92 Å². The number of halogens is 3. The monoisotopic (exact) mass is 394 g/mol. The molecule has 1 amide bonds. The van der Waals surface area contributed by atoms with Crippen LogP contribution in [0.25, 0.3) is 0 Å². The molecule has 0 aliphatic carbocycles. The van der Waals surface area contributed by atoms with Crippen molar-refractivity contribution >= 4 is 21.6 Å². The molecule has 1 fully saturated rings. The summed E-state index contributed by atoms with van der Waals surface area (Å²) in [5.74, 6) is -0.971. The van der Waals surface area contributed by atoms with Crippen molar-refractivity contribution in [3.63, 3.8) is 0 Å². The Hall–Kier alpha value is -1.65. The molecule has 0 unspecified atom stereocenters. The van der Waals surface area contributed by atoms with Gasteiger partial charge in [-0.25, -0.2) is 12.7 Å². The minimum Gasteiger partial charge on any atom is -0.384 e. The van der Waals surface area contributed by atoms with E-state index in [1.54, 1.807) is 0 Å². The Balaban J connectivity index is 1.93. The molecule has 0 bridgehead atoms. The summed E-state index contributed by atoms with van der Waals surface area (Å²) in [7, 11) is -2.01. The molecule has 1 aromatic carbocycles. The topological polar surface area (TPSA) is 75.7 Å². The Bertz CT molecular complexity index is 729. The number of methoxy groups -OCH3 is 1. The molecule has 0 aromatic heterocycles. The summed E-state index contributed by atoms with van der Waals surface area (Å²) in [6.45, 7) is 0.498. The summed E-state index contributed by atoms with van der Waals surface area (Å²) in [6, 6.07) is 4.42. The van der Waals surface area contributed by atoms with Gasteiger partial charge in [-0.3, -0.25) is 4.79 Å². The van der Waals surface area contributed by atoms with Crippen LogP contribution in [-0.2, 0) is 25.7 Å². The summed E-state index contributed by atoms with van der Waals surface area (Å²) in [5, 5.41) is 2.49. The first kappa shape index (κ1) is 20.7. The minimum atomic E-state index is -4.48. The van der Waals surface area contributed by atoms with Gasteiger partial charge in [-0.2, -0.15) is 13.2 Å². The molecule has 1 N–H and O–H groups in total. The van der Waals surface area contributed by atoms with Gasteiger partial charge in [0.15, 0.2) is 0 Å². The highest BCUT2D eigenvalue weighted by molar-refractivity contribution is 7.89.